The van der Waals surface area contributed by atoms with Gasteiger partial charge in [0.1, 0.15) is 10.7 Å². The van der Waals surface area contributed by atoms with Crippen LogP contribution in [-0.4, -0.2) is 57.4 Å². The van der Waals surface area contributed by atoms with Gasteiger partial charge in [0.15, 0.2) is 0 Å². The third-order valence-corrected chi connectivity index (χ3v) is 7.09. The second-order valence-electron chi connectivity index (χ2n) is 7.54. The van der Waals surface area contributed by atoms with Crippen molar-refractivity contribution < 1.29 is 17.9 Å². The number of ether oxygens (including phenoxy) is 1. The molecule has 150 valence electrons. The molecular weight excluding hydrogens is 378 g/mol. The van der Waals surface area contributed by atoms with Crippen LogP contribution in [0.25, 0.3) is 4.91 Å². The van der Waals surface area contributed by atoms with Gasteiger partial charge in [0, 0.05) is 31.3 Å². The minimum atomic E-state index is -3.69. The first-order chi connectivity index (χ1) is 13.5. The van der Waals surface area contributed by atoms with Crippen LogP contribution in [0.5, 0.6) is 0 Å². The molecule has 8 heteroatoms. The summed E-state index contributed by atoms with van der Waals surface area (Å²) in [4.78, 5) is 14.6. The number of amides is 1. The topological polar surface area (TPSA) is 88.1 Å². The summed E-state index contributed by atoms with van der Waals surface area (Å²) in [6.07, 6.45) is 2.32. The van der Waals surface area contributed by atoms with Crippen molar-refractivity contribution in [3.05, 3.63) is 41.5 Å². The largest absolute Gasteiger partial charge is 0.381 e. The lowest BCUT2D eigenvalue weighted by molar-refractivity contribution is -0.125. The van der Waals surface area contributed by atoms with Gasteiger partial charge in [0.25, 0.3) is 10.0 Å². The Labute approximate surface area is 165 Å². The summed E-state index contributed by atoms with van der Waals surface area (Å²) >= 11 is 0. The van der Waals surface area contributed by atoms with Gasteiger partial charge in [-0.05, 0) is 31.7 Å². The average Bonchev–Trinajstić information content (AvgIpc) is 3.30. The van der Waals surface area contributed by atoms with Crippen molar-refractivity contribution in [2.45, 2.75) is 32.2 Å². The molecule has 7 nitrogen and oxygen atoms in total. The fraction of sp³-hybridized carbons (Fsp3) is 0.500. The highest BCUT2D eigenvalue weighted by atomic mass is 32.2. The van der Waals surface area contributed by atoms with E-state index < -0.39 is 10.0 Å². The molecule has 0 saturated carbocycles. The zero-order valence-electron chi connectivity index (χ0n) is 15.9. The van der Waals surface area contributed by atoms with Gasteiger partial charge in [-0.15, -0.1) is 4.40 Å². The molecule has 0 radical (unpaired) electrons. The highest BCUT2D eigenvalue weighted by Crippen LogP contribution is 2.34. The van der Waals surface area contributed by atoms with E-state index in [-0.39, 0.29) is 17.9 Å². The molecule has 2 fully saturated rings. The lowest BCUT2D eigenvalue weighted by atomic mass is 10.0. The van der Waals surface area contributed by atoms with Crippen molar-refractivity contribution in [2.24, 2.45) is 10.3 Å². The summed E-state index contributed by atoms with van der Waals surface area (Å²) in [7, 11) is -3.69. The molecule has 28 heavy (non-hydrogen) atoms. The van der Waals surface area contributed by atoms with E-state index in [0.29, 0.717) is 48.2 Å². The Bertz CT molecular complexity index is 910. The van der Waals surface area contributed by atoms with E-state index >= 15 is 0 Å². The molecule has 3 heterocycles. The first-order valence-electron chi connectivity index (χ1n) is 9.70. The Morgan fingerprint density at radius 2 is 1.89 bits per heavy atom. The Hall–Kier alpha value is -2.19. The first-order valence-corrected chi connectivity index (χ1v) is 11.1. The minimum absolute atomic E-state index is 0.0408. The summed E-state index contributed by atoms with van der Waals surface area (Å²) in [5.74, 6) is 0.563. The Kier molecular flexibility index (Phi) is 5.25. The van der Waals surface area contributed by atoms with Gasteiger partial charge >= 0.3 is 0 Å². The van der Waals surface area contributed by atoms with Crippen LogP contribution in [0.3, 0.4) is 0 Å². The number of rotatable bonds is 3. The van der Waals surface area contributed by atoms with Crippen molar-refractivity contribution in [2.75, 3.05) is 26.3 Å². The van der Waals surface area contributed by atoms with Crippen LogP contribution < -0.4 is 5.32 Å². The number of hydrogen-bond donors (Lipinski definition) is 1. The standard InChI is InChI=1S/C20H25N3O4S/c1-14-18(15-5-3-2-4-6-15)28(25,26)22-19(14)23-10-7-17(8-11-23)21-20(24)16-9-12-27-13-16/h2-6,16-17H,7-13H2,1H3,(H,21,24). The molecule has 0 aliphatic carbocycles. The fourth-order valence-electron chi connectivity index (χ4n) is 4.07. The molecule has 1 unspecified atom stereocenters. The quantitative estimate of drug-likeness (QED) is 0.831. The predicted octanol–water partition coefficient (Wildman–Crippen LogP) is 1.78. The first kappa shape index (κ1) is 19.1. The average molecular weight is 404 g/mol. The molecule has 0 bridgehead atoms. The maximum Gasteiger partial charge on any atom is 0.285 e. The number of sulfonamides is 1. The number of carbonyl (C=O) groups is 1. The van der Waals surface area contributed by atoms with Gasteiger partial charge in [-0.3, -0.25) is 4.79 Å². The van der Waals surface area contributed by atoms with Gasteiger partial charge < -0.3 is 15.0 Å². The summed E-state index contributed by atoms with van der Waals surface area (Å²) in [5.41, 5.74) is 1.36. The van der Waals surface area contributed by atoms with Gasteiger partial charge in [-0.1, -0.05) is 30.3 Å². The Morgan fingerprint density at radius 1 is 1.18 bits per heavy atom. The molecule has 0 aromatic heterocycles. The molecular formula is C20H25N3O4S. The van der Waals surface area contributed by atoms with Crippen LogP contribution in [-0.2, 0) is 19.6 Å². The van der Waals surface area contributed by atoms with Crippen molar-refractivity contribution >= 4 is 26.7 Å². The normalized spacial score (nSPS) is 25.1. The fourth-order valence-corrected chi connectivity index (χ4v) is 5.55. The van der Waals surface area contributed by atoms with E-state index in [0.717, 1.165) is 19.3 Å². The molecule has 0 spiro atoms. The molecule has 3 aliphatic rings. The number of carbonyl (C=O) groups excluding carboxylic acids is 1. The number of likely N-dealkylation sites (tertiary alicyclic amines) is 1. The summed E-state index contributed by atoms with van der Waals surface area (Å²) in [6, 6.07) is 9.21. The summed E-state index contributed by atoms with van der Waals surface area (Å²) in [5, 5.41) is 3.12. The lowest BCUT2D eigenvalue weighted by Gasteiger charge is -2.34. The van der Waals surface area contributed by atoms with E-state index in [4.69, 9.17) is 4.74 Å². The van der Waals surface area contributed by atoms with E-state index in [2.05, 4.69) is 9.71 Å². The second-order valence-corrected chi connectivity index (χ2v) is 9.08. The zero-order valence-corrected chi connectivity index (χ0v) is 16.7. The lowest BCUT2D eigenvalue weighted by Crippen LogP contribution is -2.48. The second kappa shape index (κ2) is 7.67. The molecule has 3 aliphatic heterocycles. The summed E-state index contributed by atoms with van der Waals surface area (Å²) < 4.78 is 34.6. The molecule has 1 atom stereocenters. The Morgan fingerprint density at radius 3 is 2.54 bits per heavy atom. The van der Waals surface area contributed by atoms with Gasteiger partial charge in [-0.25, -0.2) is 0 Å². The maximum atomic E-state index is 12.6. The number of amidine groups is 1. The number of nitrogens with zero attached hydrogens (tertiary/aromatic N) is 2. The SMILES string of the molecule is CC1=C(c2ccccc2)S(=O)(=O)N=C1N1CCC(NC(=O)C2CCOC2)CC1. The smallest absolute Gasteiger partial charge is 0.285 e. The van der Waals surface area contributed by atoms with Crippen molar-refractivity contribution in [3.8, 4) is 0 Å². The van der Waals surface area contributed by atoms with Crippen molar-refractivity contribution in [3.63, 3.8) is 0 Å². The Balaban J connectivity index is 1.43. The van der Waals surface area contributed by atoms with Gasteiger partial charge in [0.2, 0.25) is 5.91 Å². The predicted molar refractivity (Wildman–Crippen MR) is 107 cm³/mol. The molecule has 2 saturated heterocycles. The number of nitrogens with one attached hydrogen (secondary N) is 1. The van der Waals surface area contributed by atoms with E-state index in [9.17, 15) is 13.2 Å². The van der Waals surface area contributed by atoms with Crippen LogP contribution >= 0.6 is 0 Å². The highest BCUT2D eigenvalue weighted by Gasteiger charge is 2.35. The third kappa shape index (κ3) is 3.71. The van der Waals surface area contributed by atoms with Crippen molar-refractivity contribution in [1.29, 1.82) is 0 Å². The molecule has 1 aromatic carbocycles. The van der Waals surface area contributed by atoms with Gasteiger partial charge in [-0.2, -0.15) is 8.42 Å². The molecule has 4 rings (SSSR count). The minimum Gasteiger partial charge on any atom is -0.381 e. The van der Waals surface area contributed by atoms with Crippen LogP contribution in [0, 0.1) is 5.92 Å². The van der Waals surface area contributed by atoms with E-state index in [1.807, 2.05) is 30.0 Å². The zero-order chi connectivity index (χ0) is 19.7. The summed E-state index contributed by atoms with van der Waals surface area (Å²) in [6.45, 7) is 4.31. The van der Waals surface area contributed by atoms with E-state index in [1.165, 1.54) is 0 Å². The number of piperidine rings is 1. The third-order valence-electron chi connectivity index (χ3n) is 5.62. The number of hydrogen-bond acceptors (Lipinski definition) is 5. The van der Waals surface area contributed by atoms with Crippen LogP contribution in [0.15, 0.2) is 40.3 Å². The van der Waals surface area contributed by atoms with E-state index in [1.54, 1.807) is 12.1 Å². The maximum absolute atomic E-state index is 12.6. The molecule has 1 N–H and O–H groups in total. The highest BCUT2D eigenvalue weighted by molar-refractivity contribution is 8.00. The van der Waals surface area contributed by atoms with Crippen LogP contribution in [0.4, 0.5) is 0 Å². The van der Waals surface area contributed by atoms with Crippen molar-refractivity contribution in [1.82, 2.24) is 10.2 Å². The van der Waals surface area contributed by atoms with Gasteiger partial charge in [0.05, 0.1) is 12.5 Å². The van der Waals surface area contributed by atoms with Crippen LogP contribution in [0.2, 0.25) is 0 Å². The molecule has 1 aromatic rings. The van der Waals surface area contributed by atoms with Crippen LogP contribution in [0.1, 0.15) is 31.7 Å². The monoisotopic (exact) mass is 403 g/mol. The molecule has 1 amide bonds. The number of benzene rings is 1.